The Morgan fingerprint density at radius 2 is 1.91 bits per heavy atom. The number of phenolic OH excluding ortho intramolecular Hbond substituents is 1. The summed E-state index contributed by atoms with van der Waals surface area (Å²) >= 11 is 0. The number of halogens is 1. The van der Waals surface area contributed by atoms with Gasteiger partial charge in [0.05, 0.1) is 16.7 Å². The number of hydrogen-bond acceptors (Lipinski definition) is 6. The zero-order chi connectivity index (χ0) is 23.1. The van der Waals surface area contributed by atoms with Crippen molar-refractivity contribution in [2.75, 3.05) is 5.32 Å². The van der Waals surface area contributed by atoms with Gasteiger partial charge in [0.2, 0.25) is 0 Å². The monoisotopic (exact) mass is 433 g/mol. The van der Waals surface area contributed by atoms with Crippen molar-refractivity contribution < 1.29 is 24.0 Å². The Kier molecular flexibility index (Phi) is 6.78. The number of carbonyl (C=O) groups excluding carboxylic acids is 1. The van der Waals surface area contributed by atoms with Crippen molar-refractivity contribution in [1.29, 1.82) is 5.26 Å². The van der Waals surface area contributed by atoms with Crippen LogP contribution in [0, 0.1) is 27.3 Å². The maximum Gasteiger partial charge on any atom is 0.273 e. The molecule has 8 nitrogen and oxygen atoms in total. The van der Waals surface area contributed by atoms with Gasteiger partial charge >= 0.3 is 0 Å². The summed E-state index contributed by atoms with van der Waals surface area (Å²) in [6.45, 7) is 0.0481. The predicted molar refractivity (Wildman–Crippen MR) is 114 cm³/mol. The summed E-state index contributed by atoms with van der Waals surface area (Å²) in [7, 11) is 0. The fourth-order valence-electron chi connectivity index (χ4n) is 2.68. The number of aromatic hydroxyl groups is 1. The molecule has 0 bridgehead atoms. The summed E-state index contributed by atoms with van der Waals surface area (Å²) in [6, 6.07) is 17.7. The van der Waals surface area contributed by atoms with Gasteiger partial charge < -0.3 is 15.2 Å². The highest BCUT2D eigenvalue weighted by Crippen LogP contribution is 2.28. The lowest BCUT2D eigenvalue weighted by Crippen LogP contribution is -2.13. The van der Waals surface area contributed by atoms with E-state index in [1.807, 2.05) is 0 Å². The number of anilines is 1. The second-order valence-corrected chi connectivity index (χ2v) is 6.53. The van der Waals surface area contributed by atoms with Crippen LogP contribution in [0.3, 0.4) is 0 Å². The normalized spacial score (nSPS) is 10.8. The van der Waals surface area contributed by atoms with Gasteiger partial charge in [0.25, 0.3) is 11.6 Å². The van der Waals surface area contributed by atoms with E-state index in [1.165, 1.54) is 18.2 Å². The van der Waals surface area contributed by atoms with Crippen LogP contribution in [-0.2, 0) is 11.4 Å². The van der Waals surface area contributed by atoms with E-state index < -0.39 is 16.6 Å². The average molecular weight is 433 g/mol. The average Bonchev–Trinajstić information content (AvgIpc) is 2.78. The molecule has 0 fully saturated rings. The summed E-state index contributed by atoms with van der Waals surface area (Å²) in [4.78, 5) is 22.4. The van der Waals surface area contributed by atoms with E-state index >= 15 is 0 Å². The minimum absolute atomic E-state index is 0.0481. The number of ether oxygens (including phenoxy) is 1. The number of hydrogen-bond donors (Lipinski definition) is 2. The number of carbonyl (C=O) groups is 1. The molecule has 2 N–H and O–H groups in total. The van der Waals surface area contributed by atoms with Crippen molar-refractivity contribution in [3.63, 3.8) is 0 Å². The standard InChI is InChI=1S/C23H16FN3O5/c24-20-4-2-1-3-16(20)14-32-19-8-5-15(6-9-19)11-17(13-25)23(29)26-21-10-7-18(27(30)31)12-22(21)28/h1-12,28H,14H2,(H,26,29)/b17-11+. The Morgan fingerprint density at radius 1 is 1.19 bits per heavy atom. The third kappa shape index (κ3) is 5.46. The van der Waals surface area contributed by atoms with Crippen LogP contribution in [0.15, 0.2) is 72.3 Å². The second kappa shape index (κ2) is 9.86. The quantitative estimate of drug-likeness (QED) is 0.185. The van der Waals surface area contributed by atoms with E-state index in [4.69, 9.17) is 4.74 Å². The van der Waals surface area contributed by atoms with Gasteiger partial charge in [-0.2, -0.15) is 5.26 Å². The largest absolute Gasteiger partial charge is 0.506 e. The van der Waals surface area contributed by atoms with Crippen molar-refractivity contribution in [3.8, 4) is 17.6 Å². The minimum atomic E-state index is -0.795. The van der Waals surface area contributed by atoms with Gasteiger partial charge in [0, 0.05) is 11.6 Å². The SMILES string of the molecule is N#C/C(=C\c1ccc(OCc2ccccc2F)cc1)C(=O)Nc1ccc([N+](=O)[O-])cc1O. The molecule has 0 spiro atoms. The van der Waals surface area contributed by atoms with E-state index in [2.05, 4.69) is 5.32 Å². The number of rotatable bonds is 7. The second-order valence-electron chi connectivity index (χ2n) is 6.53. The Balaban J connectivity index is 1.68. The maximum absolute atomic E-state index is 13.6. The van der Waals surface area contributed by atoms with E-state index in [0.717, 1.165) is 12.1 Å². The predicted octanol–water partition coefficient (Wildman–Crippen LogP) is 4.56. The summed E-state index contributed by atoms with van der Waals surface area (Å²) in [5.74, 6) is -1.18. The molecule has 3 rings (SSSR count). The van der Waals surface area contributed by atoms with Gasteiger partial charge in [-0.25, -0.2) is 4.39 Å². The Hall–Kier alpha value is -4.71. The summed E-state index contributed by atoms with van der Waals surface area (Å²) in [6.07, 6.45) is 1.33. The van der Waals surface area contributed by atoms with Crippen LogP contribution >= 0.6 is 0 Å². The van der Waals surface area contributed by atoms with Crippen LogP contribution < -0.4 is 10.1 Å². The fourth-order valence-corrected chi connectivity index (χ4v) is 2.68. The highest BCUT2D eigenvalue weighted by molar-refractivity contribution is 6.10. The molecule has 0 aromatic heterocycles. The highest BCUT2D eigenvalue weighted by Gasteiger charge is 2.15. The topological polar surface area (TPSA) is 125 Å². The molecule has 9 heteroatoms. The van der Waals surface area contributed by atoms with Crippen molar-refractivity contribution >= 4 is 23.4 Å². The van der Waals surface area contributed by atoms with Crippen LogP contribution in [0.4, 0.5) is 15.8 Å². The smallest absolute Gasteiger partial charge is 0.273 e. The molecule has 3 aromatic carbocycles. The summed E-state index contributed by atoms with van der Waals surface area (Å²) in [5, 5.41) is 32.2. The molecule has 0 aliphatic heterocycles. The zero-order valence-electron chi connectivity index (χ0n) is 16.5. The Bertz CT molecular complexity index is 1230. The third-order valence-electron chi connectivity index (χ3n) is 4.35. The molecule has 32 heavy (non-hydrogen) atoms. The number of phenols is 1. The van der Waals surface area contributed by atoms with Crippen molar-refractivity contribution in [3.05, 3.63) is 99.4 Å². The first-order valence-corrected chi connectivity index (χ1v) is 9.24. The van der Waals surface area contributed by atoms with Gasteiger partial charge in [0.15, 0.2) is 0 Å². The van der Waals surface area contributed by atoms with Crippen molar-refractivity contribution in [2.24, 2.45) is 0 Å². The highest BCUT2D eigenvalue weighted by atomic mass is 19.1. The number of non-ortho nitro benzene ring substituents is 1. The Labute approximate surface area is 182 Å². The van der Waals surface area contributed by atoms with Gasteiger partial charge in [0.1, 0.15) is 35.6 Å². The third-order valence-corrected chi connectivity index (χ3v) is 4.35. The number of benzene rings is 3. The van der Waals surface area contributed by atoms with Crippen molar-refractivity contribution in [1.82, 2.24) is 0 Å². The molecule has 0 saturated heterocycles. The number of nitrogens with one attached hydrogen (secondary N) is 1. The minimum Gasteiger partial charge on any atom is -0.506 e. The molecular weight excluding hydrogens is 417 g/mol. The maximum atomic E-state index is 13.6. The lowest BCUT2D eigenvalue weighted by Gasteiger charge is -2.08. The van der Waals surface area contributed by atoms with E-state index in [9.17, 15) is 29.7 Å². The number of nitro benzene ring substituents is 1. The summed E-state index contributed by atoms with van der Waals surface area (Å²) in [5.41, 5.74) is 0.285. The lowest BCUT2D eigenvalue weighted by atomic mass is 10.1. The number of nitro groups is 1. The van der Waals surface area contributed by atoms with E-state index in [-0.39, 0.29) is 29.4 Å². The van der Waals surface area contributed by atoms with Crippen LogP contribution in [-0.4, -0.2) is 15.9 Å². The first kappa shape index (κ1) is 22.0. The van der Waals surface area contributed by atoms with Gasteiger partial charge in [-0.05, 0) is 35.9 Å². The van der Waals surface area contributed by atoms with Gasteiger partial charge in [-0.15, -0.1) is 0 Å². The molecule has 0 saturated carbocycles. The lowest BCUT2D eigenvalue weighted by molar-refractivity contribution is -0.384. The van der Waals surface area contributed by atoms with Crippen molar-refractivity contribution in [2.45, 2.75) is 6.61 Å². The molecule has 0 aliphatic carbocycles. The molecule has 0 radical (unpaired) electrons. The van der Waals surface area contributed by atoms with E-state index in [0.29, 0.717) is 16.9 Å². The zero-order valence-corrected chi connectivity index (χ0v) is 16.5. The van der Waals surface area contributed by atoms with Crippen LogP contribution in [0.1, 0.15) is 11.1 Å². The molecule has 0 atom stereocenters. The molecule has 160 valence electrons. The molecule has 1 amide bonds. The first-order valence-electron chi connectivity index (χ1n) is 9.24. The number of amides is 1. The van der Waals surface area contributed by atoms with E-state index in [1.54, 1.807) is 48.5 Å². The Morgan fingerprint density at radius 3 is 2.53 bits per heavy atom. The molecule has 0 unspecified atom stereocenters. The summed E-state index contributed by atoms with van der Waals surface area (Å²) < 4.78 is 19.2. The molecule has 0 aliphatic rings. The molecular formula is C23H16FN3O5. The number of nitriles is 1. The number of nitrogens with zero attached hydrogens (tertiary/aromatic N) is 2. The van der Waals surface area contributed by atoms with Gasteiger partial charge in [-0.1, -0.05) is 30.3 Å². The van der Waals surface area contributed by atoms with Crippen LogP contribution in [0.5, 0.6) is 11.5 Å². The van der Waals surface area contributed by atoms with Crippen LogP contribution in [0.25, 0.3) is 6.08 Å². The molecule has 3 aromatic rings. The van der Waals surface area contributed by atoms with Crippen LogP contribution in [0.2, 0.25) is 0 Å². The fraction of sp³-hybridized carbons (Fsp3) is 0.0435. The first-order chi connectivity index (χ1) is 15.4. The van der Waals surface area contributed by atoms with Gasteiger partial charge in [-0.3, -0.25) is 14.9 Å². The molecule has 0 heterocycles.